The first-order valence-corrected chi connectivity index (χ1v) is 10.4. The third-order valence-electron chi connectivity index (χ3n) is 3.32. The summed E-state index contributed by atoms with van der Waals surface area (Å²) in [5.74, 6) is -1.26. The van der Waals surface area contributed by atoms with Gasteiger partial charge in [0.1, 0.15) is 6.04 Å². The van der Waals surface area contributed by atoms with Crippen LogP contribution in [0.5, 0.6) is 0 Å². The molecule has 9 heteroatoms. The second-order valence-corrected chi connectivity index (χ2v) is 9.05. The van der Waals surface area contributed by atoms with Crippen molar-refractivity contribution in [3.63, 3.8) is 0 Å². The molecular weight excluding hydrogens is 342 g/mol. The van der Waals surface area contributed by atoms with Crippen LogP contribution in [0.2, 0.25) is 0 Å². The Hall–Kier alpha value is -1.45. The lowest BCUT2D eigenvalue weighted by Crippen LogP contribution is -2.40. The van der Waals surface area contributed by atoms with Gasteiger partial charge in [-0.05, 0) is 31.0 Å². The number of hydrogen-bond donors (Lipinski definition) is 2. The summed E-state index contributed by atoms with van der Waals surface area (Å²) in [6.07, 6.45) is 2.43. The summed E-state index contributed by atoms with van der Waals surface area (Å²) in [5.41, 5.74) is 0.338. The van der Waals surface area contributed by atoms with Gasteiger partial charge in [0, 0.05) is 6.26 Å². The number of sulfonamides is 1. The van der Waals surface area contributed by atoms with Gasteiger partial charge in [-0.1, -0.05) is 25.8 Å². The van der Waals surface area contributed by atoms with Gasteiger partial charge in [0.2, 0.25) is 10.0 Å². The van der Waals surface area contributed by atoms with Gasteiger partial charge >= 0.3 is 5.97 Å². The normalized spacial score (nSPS) is 13.7. The van der Waals surface area contributed by atoms with Crippen molar-refractivity contribution in [1.29, 1.82) is 0 Å². The zero-order chi connectivity index (χ0) is 17.8. The van der Waals surface area contributed by atoms with Crippen LogP contribution in [0.1, 0.15) is 31.7 Å². The molecule has 0 aliphatic carbocycles. The van der Waals surface area contributed by atoms with Crippen molar-refractivity contribution in [2.45, 2.75) is 48.9 Å². The molecule has 0 amide bonds. The highest BCUT2D eigenvalue weighted by Crippen LogP contribution is 2.21. The first kappa shape index (κ1) is 19.6. The van der Waals surface area contributed by atoms with Crippen molar-refractivity contribution in [2.24, 2.45) is 0 Å². The Morgan fingerprint density at radius 2 is 1.87 bits per heavy atom. The van der Waals surface area contributed by atoms with E-state index in [0.717, 1.165) is 18.7 Å². The van der Waals surface area contributed by atoms with E-state index in [2.05, 4.69) is 4.72 Å². The number of benzene rings is 1. The summed E-state index contributed by atoms with van der Waals surface area (Å²) in [4.78, 5) is 10.8. The van der Waals surface area contributed by atoms with Gasteiger partial charge in [-0.3, -0.25) is 4.79 Å². The van der Waals surface area contributed by atoms with E-state index in [1.807, 2.05) is 6.92 Å². The lowest BCUT2D eigenvalue weighted by Gasteiger charge is -2.16. The monoisotopic (exact) mass is 363 g/mol. The highest BCUT2D eigenvalue weighted by Gasteiger charge is 2.27. The predicted molar refractivity (Wildman–Crippen MR) is 85.6 cm³/mol. The van der Waals surface area contributed by atoms with E-state index in [9.17, 15) is 21.6 Å². The van der Waals surface area contributed by atoms with Crippen LogP contribution in [0.3, 0.4) is 0 Å². The van der Waals surface area contributed by atoms with E-state index in [1.165, 1.54) is 19.1 Å². The molecular formula is C14H21NO6S2. The van der Waals surface area contributed by atoms with Crippen LogP contribution in [-0.2, 0) is 24.7 Å². The molecule has 1 aromatic carbocycles. The molecule has 0 fully saturated rings. The Labute approximate surface area is 136 Å². The number of carboxylic acids is 1. The first-order valence-electron chi connectivity index (χ1n) is 7.05. The maximum Gasteiger partial charge on any atom is 0.321 e. The van der Waals surface area contributed by atoms with E-state index in [0.29, 0.717) is 12.0 Å². The molecule has 130 valence electrons. The van der Waals surface area contributed by atoms with Crippen LogP contribution in [-0.4, -0.2) is 40.2 Å². The second kappa shape index (κ2) is 7.41. The van der Waals surface area contributed by atoms with E-state index >= 15 is 0 Å². The Kier molecular flexibility index (Phi) is 6.32. The number of nitrogens with one attached hydrogen (secondary N) is 1. The predicted octanol–water partition coefficient (Wildman–Crippen LogP) is 1.32. The number of aliphatic carboxylic acids is 1. The molecule has 0 saturated heterocycles. The molecule has 0 spiro atoms. The lowest BCUT2D eigenvalue weighted by atomic mass is 10.1. The maximum atomic E-state index is 12.4. The topological polar surface area (TPSA) is 118 Å². The standard InChI is InChI=1S/C14H21NO6S2/c1-4-5-6-12(14(16)17)15-23(20,21)13-9-11(22(3,18)19)8-7-10(13)2/h7-9,12,15H,4-6H2,1-3H3,(H,16,17). The van der Waals surface area contributed by atoms with E-state index < -0.39 is 31.9 Å². The van der Waals surface area contributed by atoms with Crippen LogP contribution < -0.4 is 4.72 Å². The number of rotatable bonds is 8. The molecule has 0 saturated carbocycles. The summed E-state index contributed by atoms with van der Waals surface area (Å²) < 4.78 is 50.2. The van der Waals surface area contributed by atoms with Crippen molar-refractivity contribution in [2.75, 3.05) is 6.26 Å². The SMILES string of the molecule is CCCCC(NS(=O)(=O)c1cc(S(C)(=O)=O)ccc1C)C(=O)O. The molecule has 1 atom stereocenters. The van der Waals surface area contributed by atoms with Gasteiger partial charge in [0.15, 0.2) is 9.84 Å². The molecule has 0 bridgehead atoms. The average Bonchev–Trinajstić information content (AvgIpc) is 2.42. The molecule has 0 aliphatic heterocycles. The van der Waals surface area contributed by atoms with Gasteiger partial charge in [0.05, 0.1) is 9.79 Å². The number of sulfone groups is 1. The minimum absolute atomic E-state index is 0.135. The van der Waals surface area contributed by atoms with E-state index in [4.69, 9.17) is 5.11 Å². The third-order valence-corrected chi connectivity index (χ3v) is 6.04. The number of unbranched alkanes of at least 4 members (excludes halogenated alkanes) is 1. The van der Waals surface area contributed by atoms with Crippen LogP contribution in [0.15, 0.2) is 28.0 Å². The van der Waals surface area contributed by atoms with Crippen LogP contribution in [0.25, 0.3) is 0 Å². The Morgan fingerprint density at radius 3 is 2.35 bits per heavy atom. The molecule has 7 nitrogen and oxygen atoms in total. The molecule has 2 N–H and O–H groups in total. The van der Waals surface area contributed by atoms with Crippen LogP contribution in [0, 0.1) is 6.92 Å². The molecule has 0 heterocycles. The molecule has 0 aromatic heterocycles. The van der Waals surface area contributed by atoms with E-state index in [1.54, 1.807) is 0 Å². The summed E-state index contributed by atoms with van der Waals surface area (Å²) in [7, 11) is -7.71. The number of carbonyl (C=O) groups is 1. The maximum absolute atomic E-state index is 12.4. The van der Waals surface area contributed by atoms with Crippen LogP contribution >= 0.6 is 0 Å². The molecule has 23 heavy (non-hydrogen) atoms. The molecule has 0 radical (unpaired) electrons. The first-order chi connectivity index (χ1) is 10.5. The smallest absolute Gasteiger partial charge is 0.321 e. The van der Waals surface area contributed by atoms with Gasteiger partial charge in [-0.2, -0.15) is 4.72 Å². The summed E-state index contributed by atoms with van der Waals surface area (Å²) in [6, 6.07) is 2.50. The third kappa shape index (κ3) is 5.29. The van der Waals surface area contributed by atoms with Gasteiger partial charge < -0.3 is 5.11 Å². The van der Waals surface area contributed by atoms with Crippen LogP contribution in [0.4, 0.5) is 0 Å². The Bertz CT molecular complexity index is 783. The second-order valence-electron chi connectivity index (χ2n) is 5.35. The van der Waals surface area contributed by atoms with Crippen molar-refractivity contribution in [1.82, 2.24) is 4.72 Å². The molecule has 0 aliphatic rings. The largest absolute Gasteiger partial charge is 0.480 e. The zero-order valence-electron chi connectivity index (χ0n) is 13.2. The van der Waals surface area contributed by atoms with Crippen molar-refractivity contribution >= 4 is 25.8 Å². The summed E-state index contributed by atoms with van der Waals surface area (Å²) >= 11 is 0. The summed E-state index contributed by atoms with van der Waals surface area (Å²) in [6.45, 7) is 3.38. The number of hydrogen-bond acceptors (Lipinski definition) is 5. The highest BCUT2D eigenvalue weighted by atomic mass is 32.2. The zero-order valence-corrected chi connectivity index (χ0v) is 14.9. The van der Waals surface area contributed by atoms with Gasteiger partial charge in [-0.25, -0.2) is 16.8 Å². The fourth-order valence-electron chi connectivity index (χ4n) is 1.99. The minimum atomic E-state index is -4.14. The van der Waals surface area contributed by atoms with Crippen molar-refractivity contribution < 1.29 is 26.7 Å². The number of carboxylic acid groups (broad SMARTS) is 1. The summed E-state index contributed by atoms with van der Waals surface area (Å²) in [5, 5.41) is 9.14. The minimum Gasteiger partial charge on any atom is -0.480 e. The van der Waals surface area contributed by atoms with Gasteiger partial charge in [-0.15, -0.1) is 0 Å². The Morgan fingerprint density at radius 1 is 1.26 bits per heavy atom. The fourth-order valence-corrected chi connectivity index (χ4v) is 4.21. The van der Waals surface area contributed by atoms with Gasteiger partial charge in [0.25, 0.3) is 0 Å². The highest BCUT2D eigenvalue weighted by molar-refractivity contribution is 7.91. The lowest BCUT2D eigenvalue weighted by molar-refractivity contribution is -0.139. The molecule has 1 rings (SSSR count). The quantitative estimate of drug-likeness (QED) is 0.719. The van der Waals surface area contributed by atoms with Crippen molar-refractivity contribution in [3.05, 3.63) is 23.8 Å². The Balaban J connectivity index is 3.24. The average molecular weight is 363 g/mol. The van der Waals surface area contributed by atoms with Crippen molar-refractivity contribution in [3.8, 4) is 0 Å². The molecule has 1 unspecified atom stereocenters. The molecule has 1 aromatic rings. The van der Waals surface area contributed by atoms with E-state index in [-0.39, 0.29) is 16.2 Å². The number of aryl methyl sites for hydroxylation is 1. The fraction of sp³-hybridized carbons (Fsp3) is 0.500.